The first kappa shape index (κ1) is 20.0. The van der Waals surface area contributed by atoms with Gasteiger partial charge in [-0.05, 0) is 50.6 Å². The van der Waals surface area contributed by atoms with Crippen LogP contribution in [0.5, 0.6) is 5.75 Å². The third-order valence-corrected chi connectivity index (χ3v) is 5.18. The molecule has 0 aliphatic rings. The molecule has 2 aromatic rings. The fourth-order valence-electron chi connectivity index (χ4n) is 2.31. The normalized spacial score (nSPS) is 11.8. The standard InChI is InChI=1S/C20H23NO4S/c1-16-4-10-19(11-5-16)26(22,23)24-15-13-20(2,3)25-18-8-6-17(7-9-18)12-14-21/h4-11H,12-13,15H2,1-3H3. The van der Waals surface area contributed by atoms with Crippen molar-refractivity contribution in [3.63, 3.8) is 0 Å². The van der Waals surface area contributed by atoms with Gasteiger partial charge in [-0.3, -0.25) is 4.18 Å². The van der Waals surface area contributed by atoms with Gasteiger partial charge in [0.25, 0.3) is 10.1 Å². The summed E-state index contributed by atoms with van der Waals surface area (Å²) in [6.07, 6.45) is 0.756. The maximum absolute atomic E-state index is 12.2. The lowest BCUT2D eigenvalue weighted by molar-refractivity contribution is 0.0822. The van der Waals surface area contributed by atoms with Crippen LogP contribution in [0.25, 0.3) is 0 Å². The summed E-state index contributed by atoms with van der Waals surface area (Å²) in [5.41, 5.74) is 1.31. The molecule has 0 amide bonds. The van der Waals surface area contributed by atoms with Gasteiger partial charge in [0.05, 0.1) is 24.0 Å². The van der Waals surface area contributed by atoms with Crippen molar-refractivity contribution in [1.82, 2.24) is 0 Å². The maximum atomic E-state index is 12.2. The summed E-state index contributed by atoms with van der Waals surface area (Å²) in [5.74, 6) is 0.665. The minimum Gasteiger partial charge on any atom is -0.488 e. The van der Waals surface area contributed by atoms with Crippen LogP contribution >= 0.6 is 0 Å². The fourth-order valence-corrected chi connectivity index (χ4v) is 3.22. The van der Waals surface area contributed by atoms with E-state index in [1.165, 1.54) is 12.1 Å². The lowest BCUT2D eigenvalue weighted by Gasteiger charge is -2.26. The van der Waals surface area contributed by atoms with Crippen molar-refractivity contribution in [2.24, 2.45) is 0 Å². The number of aryl methyl sites for hydroxylation is 1. The summed E-state index contributed by atoms with van der Waals surface area (Å²) in [6.45, 7) is 5.66. The average molecular weight is 373 g/mol. The zero-order valence-corrected chi connectivity index (χ0v) is 16.0. The Morgan fingerprint density at radius 1 is 1.04 bits per heavy atom. The van der Waals surface area contributed by atoms with E-state index in [1.54, 1.807) is 24.3 Å². The molecule has 0 fully saturated rings. The molecule has 0 bridgehead atoms. The van der Waals surface area contributed by atoms with E-state index in [9.17, 15) is 8.42 Å². The second kappa shape index (κ2) is 8.35. The highest BCUT2D eigenvalue weighted by atomic mass is 32.2. The molecule has 0 aliphatic carbocycles. The minimum atomic E-state index is -3.77. The van der Waals surface area contributed by atoms with Gasteiger partial charge in [0.15, 0.2) is 0 Å². The second-order valence-corrected chi connectivity index (χ2v) is 8.30. The summed E-state index contributed by atoms with van der Waals surface area (Å²) in [7, 11) is -3.77. The smallest absolute Gasteiger partial charge is 0.296 e. The lowest BCUT2D eigenvalue weighted by atomic mass is 10.1. The molecule has 0 unspecified atom stereocenters. The van der Waals surface area contributed by atoms with Crippen LogP contribution in [0.15, 0.2) is 53.4 Å². The van der Waals surface area contributed by atoms with Crippen molar-refractivity contribution >= 4 is 10.1 Å². The number of hydrogen-bond donors (Lipinski definition) is 0. The van der Waals surface area contributed by atoms with Gasteiger partial charge in [-0.1, -0.05) is 29.8 Å². The molecule has 6 heteroatoms. The molecule has 2 aromatic carbocycles. The molecular formula is C20H23NO4S. The first-order chi connectivity index (χ1) is 12.2. The minimum absolute atomic E-state index is 0.0235. The zero-order chi connectivity index (χ0) is 19.2. The highest BCUT2D eigenvalue weighted by molar-refractivity contribution is 7.86. The maximum Gasteiger partial charge on any atom is 0.296 e. The number of benzene rings is 2. The zero-order valence-electron chi connectivity index (χ0n) is 15.2. The number of ether oxygens (including phenoxy) is 1. The van der Waals surface area contributed by atoms with E-state index in [-0.39, 0.29) is 11.5 Å². The number of rotatable bonds is 8. The lowest BCUT2D eigenvalue weighted by Crippen LogP contribution is -2.30. The van der Waals surface area contributed by atoms with Crippen LogP contribution in [0.4, 0.5) is 0 Å². The topological polar surface area (TPSA) is 76.4 Å². The van der Waals surface area contributed by atoms with E-state index in [4.69, 9.17) is 14.2 Å². The van der Waals surface area contributed by atoms with Gasteiger partial charge in [-0.15, -0.1) is 0 Å². The summed E-state index contributed by atoms with van der Waals surface area (Å²) < 4.78 is 35.4. The molecule has 0 aromatic heterocycles. The Hall–Kier alpha value is -2.36. The van der Waals surface area contributed by atoms with E-state index in [2.05, 4.69) is 6.07 Å². The molecule has 0 spiro atoms. The van der Waals surface area contributed by atoms with E-state index < -0.39 is 15.7 Å². The van der Waals surface area contributed by atoms with Crippen LogP contribution in [-0.2, 0) is 20.7 Å². The SMILES string of the molecule is Cc1ccc(S(=O)(=O)OCCC(C)(C)Oc2ccc(CC#N)cc2)cc1. The third-order valence-electron chi connectivity index (χ3n) is 3.85. The van der Waals surface area contributed by atoms with Crippen molar-refractivity contribution in [2.75, 3.05) is 6.61 Å². The predicted octanol–water partition coefficient (Wildman–Crippen LogP) is 4.01. The van der Waals surface area contributed by atoms with Gasteiger partial charge in [0.2, 0.25) is 0 Å². The summed E-state index contributed by atoms with van der Waals surface area (Å²) >= 11 is 0. The molecular weight excluding hydrogens is 350 g/mol. The Labute approximate surface area is 155 Å². The summed E-state index contributed by atoms with van der Waals surface area (Å²) in [5, 5.41) is 8.69. The Bertz CT molecular complexity index is 864. The largest absolute Gasteiger partial charge is 0.488 e. The fraction of sp³-hybridized carbons (Fsp3) is 0.350. The van der Waals surface area contributed by atoms with Crippen LogP contribution in [0.1, 0.15) is 31.4 Å². The van der Waals surface area contributed by atoms with Gasteiger partial charge in [-0.2, -0.15) is 13.7 Å². The molecule has 0 heterocycles. The predicted molar refractivity (Wildman–Crippen MR) is 99.4 cm³/mol. The summed E-state index contributed by atoms with van der Waals surface area (Å²) in [6, 6.07) is 15.9. The molecule has 0 radical (unpaired) electrons. The van der Waals surface area contributed by atoms with Crippen molar-refractivity contribution < 1.29 is 17.3 Å². The van der Waals surface area contributed by atoms with E-state index in [0.717, 1.165) is 11.1 Å². The molecule has 26 heavy (non-hydrogen) atoms. The quantitative estimate of drug-likeness (QED) is 0.653. The van der Waals surface area contributed by atoms with Crippen molar-refractivity contribution in [2.45, 2.75) is 44.1 Å². The van der Waals surface area contributed by atoms with Gasteiger partial charge in [-0.25, -0.2) is 0 Å². The molecule has 0 saturated heterocycles. The monoisotopic (exact) mass is 373 g/mol. The van der Waals surface area contributed by atoms with Crippen LogP contribution < -0.4 is 4.74 Å². The number of nitrogens with zero attached hydrogens (tertiary/aromatic N) is 1. The first-order valence-corrected chi connectivity index (χ1v) is 9.74. The molecule has 138 valence electrons. The van der Waals surface area contributed by atoms with E-state index in [1.807, 2.05) is 32.9 Å². The van der Waals surface area contributed by atoms with Gasteiger partial charge < -0.3 is 4.74 Å². The van der Waals surface area contributed by atoms with Crippen molar-refractivity contribution in [3.05, 3.63) is 59.7 Å². The molecule has 5 nitrogen and oxygen atoms in total. The van der Waals surface area contributed by atoms with Crippen molar-refractivity contribution in [3.8, 4) is 11.8 Å². The third kappa shape index (κ3) is 5.87. The van der Waals surface area contributed by atoms with Crippen LogP contribution in [0.2, 0.25) is 0 Å². The van der Waals surface area contributed by atoms with Gasteiger partial charge in [0, 0.05) is 6.42 Å². The summed E-state index contributed by atoms with van der Waals surface area (Å²) in [4.78, 5) is 0.148. The molecule has 0 N–H and O–H groups in total. The Morgan fingerprint density at radius 3 is 2.23 bits per heavy atom. The number of hydrogen-bond acceptors (Lipinski definition) is 5. The van der Waals surface area contributed by atoms with E-state index in [0.29, 0.717) is 18.6 Å². The average Bonchev–Trinajstić information content (AvgIpc) is 2.56. The number of nitriles is 1. The van der Waals surface area contributed by atoms with Crippen LogP contribution in [0.3, 0.4) is 0 Å². The van der Waals surface area contributed by atoms with Gasteiger partial charge in [0.1, 0.15) is 11.4 Å². The highest BCUT2D eigenvalue weighted by Crippen LogP contribution is 2.23. The van der Waals surface area contributed by atoms with Crippen molar-refractivity contribution in [1.29, 1.82) is 5.26 Å². The molecule has 0 aliphatic heterocycles. The highest BCUT2D eigenvalue weighted by Gasteiger charge is 2.22. The molecule has 2 rings (SSSR count). The Kier molecular flexibility index (Phi) is 6.41. The van der Waals surface area contributed by atoms with Gasteiger partial charge >= 0.3 is 0 Å². The van der Waals surface area contributed by atoms with Crippen LogP contribution in [0, 0.1) is 18.3 Å². The molecule has 0 atom stereocenters. The first-order valence-electron chi connectivity index (χ1n) is 8.33. The van der Waals surface area contributed by atoms with Crippen LogP contribution in [-0.4, -0.2) is 20.6 Å². The molecule has 0 saturated carbocycles. The Balaban J connectivity index is 1.91. The Morgan fingerprint density at radius 2 is 1.65 bits per heavy atom. The van der Waals surface area contributed by atoms with E-state index >= 15 is 0 Å². The second-order valence-electron chi connectivity index (χ2n) is 6.68.